The van der Waals surface area contributed by atoms with Crippen molar-refractivity contribution in [3.8, 4) is 33.4 Å². The van der Waals surface area contributed by atoms with Gasteiger partial charge in [0, 0.05) is 47.9 Å². The van der Waals surface area contributed by atoms with Crippen LogP contribution in [0.2, 0.25) is 0 Å². The van der Waals surface area contributed by atoms with Crippen LogP contribution < -0.4 is 4.90 Å². The quantitative estimate of drug-likeness (QED) is 0.160. The average molecular weight is 910 g/mol. The number of rotatable bonds is 5. The van der Waals surface area contributed by atoms with Crippen LogP contribution in [0, 0.1) is 0 Å². The van der Waals surface area contributed by atoms with Crippen LogP contribution in [-0.4, -0.2) is 0 Å². The van der Waals surface area contributed by atoms with Crippen molar-refractivity contribution in [2.75, 3.05) is 4.90 Å². The fraction of sp³-hybridized carbons (Fsp3) is 0.0448. The van der Waals surface area contributed by atoms with E-state index < -0.39 is 0 Å². The van der Waals surface area contributed by atoms with Gasteiger partial charge in [-0.3, -0.25) is 0 Å². The first kappa shape index (κ1) is 39.5. The van der Waals surface area contributed by atoms with Crippen LogP contribution in [0.15, 0.2) is 229 Å². The summed E-state index contributed by atoms with van der Waals surface area (Å²) in [6, 6.07) is 83.1. The van der Waals surface area contributed by atoms with E-state index in [1.165, 1.54) is 96.6 Å². The van der Waals surface area contributed by atoms with E-state index >= 15 is 0 Å². The van der Waals surface area contributed by atoms with Crippen LogP contribution in [0.5, 0.6) is 0 Å². The predicted molar refractivity (Wildman–Crippen MR) is 300 cm³/mol. The Balaban J connectivity index is 0.967. The van der Waals surface area contributed by atoms with Gasteiger partial charge in [0.1, 0.15) is 11.2 Å². The second kappa shape index (κ2) is 14.8. The lowest BCUT2D eigenvalue weighted by atomic mass is 9.82. The van der Waals surface area contributed by atoms with Crippen molar-refractivity contribution < 1.29 is 4.42 Å². The van der Waals surface area contributed by atoms with Gasteiger partial charge >= 0.3 is 0 Å². The molecule has 1 aliphatic carbocycles. The Hall–Kier alpha value is -8.50. The second-order valence-corrected chi connectivity index (χ2v) is 20.6. The average Bonchev–Trinajstić information content (AvgIpc) is 4.06. The molecule has 0 amide bonds. The summed E-state index contributed by atoms with van der Waals surface area (Å²) in [4.78, 5) is 2.46. The summed E-state index contributed by atoms with van der Waals surface area (Å²) < 4.78 is 9.88. The molecule has 0 unspecified atom stereocenters. The fourth-order valence-electron chi connectivity index (χ4n) is 12.2. The van der Waals surface area contributed by atoms with Gasteiger partial charge in [-0.05, 0) is 137 Å². The number of anilines is 3. The Morgan fingerprint density at radius 2 is 1.00 bits per heavy atom. The molecule has 12 aromatic carbocycles. The van der Waals surface area contributed by atoms with E-state index in [1.807, 2.05) is 11.3 Å². The Morgan fingerprint density at radius 3 is 1.80 bits per heavy atom. The molecule has 0 aliphatic heterocycles. The van der Waals surface area contributed by atoms with Crippen molar-refractivity contribution in [3.05, 3.63) is 236 Å². The number of fused-ring (bicyclic) bond motifs is 16. The van der Waals surface area contributed by atoms with Gasteiger partial charge in [-0.1, -0.05) is 184 Å². The SMILES string of the molecule is CC1(C)c2ccccc2-c2ccc(N(c3ccc(-c4cccc5c4sc4ccccc45)cc3)c3cccc4oc5c(-c6ccc7c8ccccc8c8ccccc8c7c6)c6ccccc6cc5c34)cc21. The molecule has 0 spiro atoms. The molecule has 0 radical (unpaired) electrons. The molecule has 2 heterocycles. The molecule has 0 atom stereocenters. The maximum atomic E-state index is 7.25. The first-order valence-electron chi connectivity index (χ1n) is 24.2. The molecule has 15 rings (SSSR count). The van der Waals surface area contributed by atoms with Crippen LogP contribution >= 0.6 is 11.3 Å². The molecular formula is C67H43NOS. The Kier molecular flexibility index (Phi) is 8.32. The molecule has 328 valence electrons. The Morgan fingerprint density at radius 1 is 0.400 bits per heavy atom. The monoisotopic (exact) mass is 909 g/mol. The number of benzene rings is 12. The minimum absolute atomic E-state index is 0.167. The maximum Gasteiger partial charge on any atom is 0.143 e. The van der Waals surface area contributed by atoms with Crippen molar-refractivity contribution in [2.24, 2.45) is 0 Å². The highest BCUT2D eigenvalue weighted by molar-refractivity contribution is 7.26. The van der Waals surface area contributed by atoms with E-state index in [-0.39, 0.29) is 5.41 Å². The van der Waals surface area contributed by atoms with Gasteiger partial charge < -0.3 is 9.32 Å². The smallest absolute Gasteiger partial charge is 0.143 e. The van der Waals surface area contributed by atoms with Gasteiger partial charge in [0.15, 0.2) is 0 Å². The molecule has 70 heavy (non-hydrogen) atoms. The molecule has 2 nitrogen and oxygen atoms in total. The molecule has 0 bridgehead atoms. The zero-order valence-corrected chi connectivity index (χ0v) is 39.4. The van der Waals surface area contributed by atoms with E-state index in [9.17, 15) is 0 Å². The summed E-state index contributed by atoms with van der Waals surface area (Å²) >= 11 is 1.88. The van der Waals surface area contributed by atoms with Crippen molar-refractivity contribution in [1.29, 1.82) is 0 Å². The molecule has 0 fully saturated rings. The van der Waals surface area contributed by atoms with Gasteiger partial charge in [0.2, 0.25) is 0 Å². The molecule has 3 heteroatoms. The lowest BCUT2D eigenvalue weighted by Gasteiger charge is -2.29. The van der Waals surface area contributed by atoms with E-state index in [0.29, 0.717) is 0 Å². The van der Waals surface area contributed by atoms with Crippen LogP contribution in [0.4, 0.5) is 17.1 Å². The third-order valence-electron chi connectivity index (χ3n) is 15.4. The zero-order chi connectivity index (χ0) is 46.2. The number of nitrogens with zero attached hydrogens (tertiary/aromatic N) is 1. The molecule has 0 saturated carbocycles. The molecular weight excluding hydrogens is 867 g/mol. The third-order valence-corrected chi connectivity index (χ3v) is 16.6. The first-order chi connectivity index (χ1) is 34.5. The van der Waals surface area contributed by atoms with E-state index in [0.717, 1.165) is 50.1 Å². The van der Waals surface area contributed by atoms with Crippen molar-refractivity contribution >= 4 is 114 Å². The van der Waals surface area contributed by atoms with Crippen LogP contribution in [0.3, 0.4) is 0 Å². The fourth-order valence-corrected chi connectivity index (χ4v) is 13.4. The summed E-state index contributed by atoms with van der Waals surface area (Å²) in [6.07, 6.45) is 0. The maximum absolute atomic E-state index is 7.25. The van der Waals surface area contributed by atoms with Crippen molar-refractivity contribution in [1.82, 2.24) is 0 Å². The lowest BCUT2D eigenvalue weighted by Crippen LogP contribution is -2.16. The largest absolute Gasteiger partial charge is 0.455 e. The van der Waals surface area contributed by atoms with E-state index in [2.05, 4.69) is 243 Å². The van der Waals surface area contributed by atoms with Gasteiger partial charge in [-0.2, -0.15) is 0 Å². The standard InChI is InChI=1S/C67H43NOS/c1-67(2)58-25-11-9-21-52(58)53-36-34-44(39-59(53)67)68(43-32-29-40(30-33-43)46-23-13-24-55-54-22-10-12-28-62(54)70-66(46)55)60-26-14-27-61-64(60)57-37-41-15-3-4-16-45(41)63(65(57)69-61)42-31-35-51-49-19-6-5-17-47(49)48-18-7-8-20-50(48)56(51)38-42/h3-39H,1-2H3. The summed E-state index contributed by atoms with van der Waals surface area (Å²) in [5.41, 5.74) is 14.9. The van der Waals surface area contributed by atoms with Gasteiger partial charge in [-0.15, -0.1) is 11.3 Å². The molecule has 1 aliphatic rings. The zero-order valence-electron chi connectivity index (χ0n) is 38.6. The Bertz CT molecular complexity index is 4480. The third kappa shape index (κ3) is 5.61. The Labute approximate surface area is 408 Å². The number of hydrogen-bond acceptors (Lipinski definition) is 3. The molecule has 0 saturated heterocycles. The highest BCUT2D eigenvalue weighted by Gasteiger charge is 2.36. The van der Waals surface area contributed by atoms with Gasteiger partial charge in [-0.25, -0.2) is 0 Å². The van der Waals surface area contributed by atoms with Crippen LogP contribution in [0.1, 0.15) is 25.0 Å². The highest BCUT2D eigenvalue weighted by atomic mass is 32.1. The molecule has 2 aromatic heterocycles. The minimum atomic E-state index is -0.167. The summed E-state index contributed by atoms with van der Waals surface area (Å²) in [5, 5.41) is 14.7. The number of thiophene rings is 1. The van der Waals surface area contributed by atoms with Crippen molar-refractivity contribution in [3.63, 3.8) is 0 Å². The first-order valence-corrected chi connectivity index (χ1v) is 25.1. The van der Waals surface area contributed by atoms with Gasteiger partial charge in [0.25, 0.3) is 0 Å². The second-order valence-electron chi connectivity index (χ2n) is 19.5. The topological polar surface area (TPSA) is 16.4 Å². The minimum Gasteiger partial charge on any atom is -0.455 e. The molecule has 0 N–H and O–H groups in total. The van der Waals surface area contributed by atoms with Gasteiger partial charge in [0.05, 0.1) is 11.1 Å². The number of furan rings is 1. The van der Waals surface area contributed by atoms with Crippen LogP contribution in [-0.2, 0) is 5.41 Å². The van der Waals surface area contributed by atoms with E-state index in [4.69, 9.17) is 4.42 Å². The summed E-state index contributed by atoms with van der Waals surface area (Å²) in [7, 11) is 0. The normalized spacial score (nSPS) is 13.1. The van der Waals surface area contributed by atoms with Crippen LogP contribution in [0.25, 0.3) is 119 Å². The summed E-state index contributed by atoms with van der Waals surface area (Å²) in [5.74, 6) is 0. The van der Waals surface area contributed by atoms with E-state index in [1.54, 1.807) is 0 Å². The number of hydrogen-bond donors (Lipinski definition) is 0. The summed E-state index contributed by atoms with van der Waals surface area (Å²) in [6.45, 7) is 4.73. The predicted octanol–water partition coefficient (Wildman–Crippen LogP) is 19.7. The highest BCUT2D eigenvalue weighted by Crippen LogP contribution is 2.53. The van der Waals surface area contributed by atoms with Crippen molar-refractivity contribution in [2.45, 2.75) is 19.3 Å². The lowest BCUT2D eigenvalue weighted by molar-refractivity contribution is 0.660. The molecule has 14 aromatic rings.